The molecule has 522 valence electrons. The van der Waals surface area contributed by atoms with Crippen LogP contribution < -0.4 is 0 Å². The minimum atomic E-state index is -4.95. The molecule has 0 radical (unpaired) electrons. The minimum absolute atomic E-state index is 0.101. The number of unbranched alkanes of at least 4 members (excludes halogenated alkanes) is 31. The first-order valence-electron chi connectivity index (χ1n) is 35.7. The standard InChI is InChI=1S/C69H134O17P2/c1-9-62(8)48-40-32-23-18-19-24-33-41-49-66(71)79-56-65(86-69(74)52-44-36-28-27-31-39-47-61(6)7)58-84-88(77,78)82-54-63(70)53-81-87(75,76)83-57-64(55-80-67(72)50-42-34-26-20-22-30-38-46-60(4)5)85-68(73)51-43-35-25-17-15-13-11-10-12-14-16-21-29-37-45-59(2)3/h59-65,70H,9-58H2,1-8H3,(H,75,76)(H,77,78)/t62?,63?,64-,65-/m1/s1. The maximum atomic E-state index is 13.0. The number of aliphatic hydroxyl groups is 1. The fourth-order valence-electron chi connectivity index (χ4n) is 10.3. The van der Waals surface area contributed by atoms with Crippen molar-refractivity contribution in [3.05, 3.63) is 0 Å². The molecule has 0 aromatic carbocycles. The van der Waals surface area contributed by atoms with Gasteiger partial charge >= 0.3 is 39.5 Å². The molecule has 0 aliphatic heterocycles. The zero-order valence-electron chi connectivity index (χ0n) is 57.3. The molecule has 0 aromatic rings. The summed E-state index contributed by atoms with van der Waals surface area (Å²) in [6, 6.07) is 0. The first-order valence-corrected chi connectivity index (χ1v) is 38.7. The van der Waals surface area contributed by atoms with Gasteiger partial charge in [0.15, 0.2) is 12.2 Å². The van der Waals surface area contributed by atoms with Crippen LogP contribution >= 0.6 is 15.6 Å². The molecule has 19 heteroatoms. The summed E-state index contributed by atoms with van der Waals surface area (Å²) in [7, 11) is -9.90. The monoisotopic (exact) mass is 1300 g/mol. The van der Waals surface area contributed by atoms with Crippen molar-refractivity contribution in [2.24, 2.45) is 23.7 Å². The van der Waals surface area contributed by atoms with E-state index in [1.165, 1.54) is 135 Å². The molecule has 6 atom stereocenters. The van der Waals surface area contributed by atoms with Gasteiger partial charge in [-0.2, -0.15) is 0 Å². The van der Waals surface area contributed by atoms with Crippen LogP contribution in [0.2, 0.25) is 0 Å². The Kier molecular flexibility index (Phi) is 57.6. The van der Waals surface area contributed by atoms with E-state index < -0.39 is 97.5 Å². The maximum Gasteiger partial charge on any atom is 0.472 e. The molecule has 0 amide bonds. The van der Waals surface area contributed by atoms with Gasteiger partial charge in [-0.1, -0.05) is 287 Å². The van der Waals surface area contributed by atoms with Gasteiger partial charge in [0.25, 0.3) is 0 Å². The molecule has 0 aromatic heterocycles. The summed E-state index contributed by atoms with van der Waals surface area (Å²) in [6.45, 7) is 14.0. The molecule has 0 aliphatic rings. The Balaban J connectivity index is 5.21. The van der Waals surface area contributed by atoms with Crippen molar-refractivity contribution in [2.75, 3.05) is 39.6 Å². The number of esters is 4. The Labute approximate surface area is 537 Å². The Morgan fingerprint density at radius 2 is 0.545 bits per heavy atom. The van der Waals surface area contributed by atoms with Gasteiger partial charge in [-0.3, -0.25) is 37.3 Å². The lowest BCUT2D eigenvalue weighted by Crippen LogP contribution is -2.30. The van der Waals surface area contributed by atoms with E-state index in [0.717, 1.165) is 108 Å². The normalized spacial score (nSPS) is 14.6. The Morgan fingerprint density at radius 1 is 0.318 bits per heavy atom. The second kappa shape index (κ2) is 58.8. The van der Waals surface area contributed by atoms with Gasteiger partial charge in [0, 0.05) is 25.7 Å². The van der Waals surface area contributed by atoms with E-state index in [1.54, 1.807) is 0 Å². The van der Waals surface area contributed by atoms with Crippen LogP contribution in [-0.4, -0.2) is 96.7 Å². The van der Waals surface area contributed by atoms with Gasteiger partial charge < -0.3 is 33.8 Å². The molecule has 0 saturated heterocycles. The highest BCUT2D eigenvalue weighted by Crippen LogP contribution is 2.45. The van der Waals surface area contributed by atoms with E-state index in [2.05, 4.69) is 55.4 Å². The second-order valence-corrected chi connectivity index (χ2v) is 29.5. The van der Waals surface area contributed by atoms with E-state index in [0.29, 0.717) is 37.5 Å². The van der Waals surface area contributed by atoms with Gasteiger partial charge in [-0.25, -0.2) is 9.13 Å². The summed E-state index contributed by atoms with van der Waals surface area (Å²) < 4.78 is 68.2. The molecule has 88 heavy (non-hydrogen) atoms. The van der Waals surface area contributed by atoms with Crippen LogP contribution in [0, 0.1) is 23.7 Å². The van der Waals surface area contributed by atoms with Crippen LogP contribution in [-0.2, 0) is 65.4 Å². The quantitative estimate of drug-likeness (QED) is 0.0222. The highest BCUT2D eigenvalue weighted by molar-refractivity contribution is 7.47. The molecule has 0 aliphatic carbocycles. The smallest absolute Gasteiger partial charge is 0.462 e. The van der Waals surface area contributed by atoms with Crippen molar-refractivity contribution in [1.82, 2.24) is 0 Å². The van der Waals surface area contributed by atoms with Gasteiger partial charge in [0.2, 0.25) is 0 Å². The molecule has 0 bridgehead atoms. The zero-order valence-corrected chi connectivity index (χ0v) is 59.1. The third-order valence-corrected chi connectivity index (χ3v) is 18.1. The summed E-state index contributed by atoms with van der Waals surface area (Å²) in [5.74, 6) is 0.811. The van der Waals surface area contributed by atoms with E-state index in [9.17, 15) is 43.2 Å². The maximum absolute atomic E-state index is 13.0. The average Bonchev–Trinajstić information content (AvgIpc) is 3.48. The largest absolute Gasteiger partial charge is 0.472 e. The summed E-state index contributed by atoms with van der Waals surface area (Å²) in [6.07, 6.45) is 40.5. The molecule has 0 rings (SSSR count). The molecule has 0 fully saturated rings. The number of hydrogen-bond acceptors (Lipinski definition) is 15. The Bertz CT molecular complexity index is 1750. The summed E-state index contributed by atoms with van der Waals surface area (Å²) >= 11 is 0. The first-order chi connectivity index (χ1) is 42.1. The van der Waals surface area contributed by atoms with Crippen LogP contribution in [0.5, 0.6) is 0 Å². The lowest BCUT2D eigenvalue weighted by molar-refractivity contribution is -0.161. The topological polar surface area (TPSA) is 237 Å². The van der Waals surface area contributed by atoms with Crippen molar-refractivity contribution in [3.8, 4) is 0 Å². The lowest BCUT2D eigenvalue weighted by Gasteiger charge is -2.21. The van der Waals surface area contributed by atoms with Crippen molar-refractivity contribution >= 4 is 39.5 Å². The predicted octanol–water partition coefficient (Wildman–Crippen LogP) is 19.3. The fourth-order valence-corrected chi connectivity index (χ4v) is 11.9. The van der Waals surface area contributed by atoms with Gasteiger partial charge in [-0.15, -0.1) is 0 Å². The molecular weight excluding hydrogens is 1160 g/mol. The molecule has 4 unspecified atom stereocenters. The number of hydrogen-bond donors (Lipinski definition) is 3. The van der Waals surface area contributed by atoms with Crippen molar-refractivity contribution in [2.45, 2.75) is 356 Å². The molecule has 0 saturated carbocycles. The number of rotatable bonds is 66. The van der Waals surface area contributed by atoms with Gasteiger partial charge in [0.05, 0.1) is 26.4 Å². The van der Waals surface area contributed by atoms with E-state index in [1.807, 2.05) is 0 Å². The highest BCUT2D eigenvalue weighted by Gasteiger charge is 2.30. The number of phosphoric ester groups is 2. The van der Waals surface area contributed by atoms with Crippen LogP contribution in [0.3, 0.4) is 0 Å². The van der Waals surface area contributed by atoms with E-state index >= 15 is 0 Å². The highest BCUT2D eigenvalue weighted by atomic mass is 31.2. The number of carbonyl (C=O) groups is 4. The Morgan fingerprint density at radius 3 is 0.807 bits per heavy atom. The van der Waals surface area contributed by atoms with Crippen molar-refractivity contribution < 1.29 is 80.2 Å². The van der Waals surface area contributed by atoms with Crippen LogP contribution in [0.4, 0.5) is 0 Å². The van der Waals surface area contributed by atoms with Gasteiger partial charge in [0.1, 0.15) is 19.3 Å². The van der Waals surface area contributed by atoms with Crippen LogP contribution in [0.25, 0.3) is 0 Å². The summed E-state index contributed by atoms with van der Waals surface area (Å²) in [5, 5.41) is 10.6. The van der Waals surface area contributed by atoms with E-state index in [-0.39, 0.29) is 25.7 Å². The SMILES string of the molecule is CCC(C)CCCCCCCCCCC(=O)OC[C@H](COP(=O)(O)OCC(O)COP(=O)(O)OC[C@@H](COC(=O)CCCCCCCCCC(C)C)OC(=O)CCCCCCCCCCCCCCCCC(C)C)OC(=O)CCCCCCCCC(C)C. The number of aliphatic hydroxyl groups excluding tert-OH is 1. The Hall–Kier alpha value is -1.94. The lowest BCUT2D eigenvalue weighted by atomic mass is 9.99. The number of carbonyl (C=O) groups excluding carboxylic acids is 4. The van der Waals surface area contributed by atoms with E-state index in [4.69, 9.17) is 37.0 Å². The number of ether oxygens (including phenoxy) is 4. The predicted molar refractivity (Wildman–Crippen MR) is 354 cm³/mol. The first kappa shape index (κ1) is 86.1. The molecule has 0 heterocycles. The molecular formula is C69H134O17P2. The van der Waals surface area contributed by atoms with Crippen molar-refractivity contribution in [3.63, 3.8) is 0 Å². The summed E-state index contributed by atoms with van der Waals surface area (Å²) in [4.78, 5) is 72.4. The zero-order chi connectivity index (χ0) is 65.4. The molecule has 17 nitrogen and oxygen atoms in total. The third-order valence-electron chi connectivity index (χ3n) is 16.2. The second-order valence-electron chi connectivity index (χ2n) is 26.6. The fraction of sp³-hybridized carbons (Fsp3) is 0.942. The summed E-state index contributed by atoms with van der Waals surface area (Å²) in [5.41, 5.74) is 0. The number of phosphoric acid groups is 2. The van der Waals surface area contributed by atoms with Crippen molar-refractivity contribution in [1.29, 1.82) is 0 Å². The minimum Gasteiger partial charge on any atom is -0.462 e. The average molecular weight is 1300 g/mol. The third kappa shape index (κ3) is 61.6. The van der Waals surface area contributed by atoms with Gasteiger partial charge in [-0.05, 0) is 49.4 Å². The molecule has 3 N–H and O–H groups in total. The molecule has 0 spiro atoms. The van der Waals surface area contributed by atoms with Crippen LogP contribution in [0.15, 0.2) is 0 Å². The van der Waals surface area contributed by atoms with Crippen LogP contribution in [0.1, 0.15) is 338 Å².